The van der Waals surface area contributed by atoms with Crippen LogP contribution >= 0.6 is 0 Å². The molecule has 2 atom stereocenters. The minimum Gasteiger partial charge on any atom is -0.357 e. The maximum Gasteiger partial charge on any atom is 0.254 e. The summed E-state index contributed by atoms with van der Waals surface area (Å²) in [5, 5.41) is 2.50. The van der Waals surface area contributed by atoms with Crippen LogP contribution in [0.4, 0.5) is 0 Å². The zero-order valence-corrected chi connectivity index (χ0v) is 22.2. The zero-order chi connectivity index (χ0) is 27.3. The molecule has 8 heteroatoms. The van der Waals surface area contributed by atoms with Crippen molar-refractivity contribution in [2.45, 2.75) is 56.4 Å². The molecule has 2 aromatic rings. The number of amides is 2. The van der Waals surface area contributed by atoms with E-state index >= 15 is 0 Å². The molecule has 3 N–H and O–H groups in total. The highest BCUT2D eigenvalue weighted by Crippen LogP contribution is 2.42. The average molecular weight is 518 g/mol. The Morgan fingerprint density at radius 2 is 1.68 bits per heavy atom. The van der Waals surface area contributed by atoms with Crippen LogP contribution in [0, 0.1) is 11.8 Å². The molecule has 1 aliphatic carbocycles. The van der Waals surface area contributed by atoms with Crippen molar-refractivity contribution in [3.8, 4) is 11.8 Å². The number of nitrogens with two attached hydrogens (primary N) is 1. The van der Waals surface area contributed by atoms with Gasteiger partial charge in [-0.3, -0.25) is 14.4 Å². The molecule has 2 aliphatic rings. The molecule has 2 aromatic carbocycles. The lowest BCUT2D eigenvalue weighted by Crippen LogP contribution is -2.62. The van der Waals surface area contributed by atoms with Gasteiger partial charge in [0.1, 0.15) is 6.61 Å². The number of hydrogen-bond acceptors (Lipinski definition) is 6. The molecule has 1 saturated carbocycles. The molecule has 2 fully saturated rings. The van der Waals surface area contributed by atoms with E-state index in [2.05, 4.69) is 17.2 Å². The molecule has 1 saturated heterocycles. The maximum absolute atomic E-state index is 13.3. The Kier molecular flexibility index (Phi) is 8.32. The van der Waals surface area contributed by atoms with Crippen molar-refractivity contribution in [2.75, 3.05) is 27.3 Å². The van der Waals surface area contributed by atoms with Gasteiger partial charge in [-0.1, -0.05) is 24.0 Å². The minimum absolute atomic E-state index is 0.170. The number of likely N-dealkylation sites (N-methyl/N-ethyl adjacent to an activating group) is 2. The van der Waals surface area contributed by atoms with Gasteiger partial charge < -0.3 is 25.4 Å². The number of Topliss-reactive ketones (excluding diaryl/α,β-unsaturated/α-hetero) is 1. The van der Waals surface area contributed by atoms with E-state index in [4.69, 9.17) is 15.2 Å². The highest BCUT2D eigenvalue weighted by atomic mass is 16.7. The Morgan fingerprint density at radius 1 is 1.08 bits per heavy atom. The third kappa shape index (κ3) is 5.97. The van der Waals surface area contributed by atoms with Crippen LogP contribution in [0.5, 0.6) is 0 Å². The van der Waals surface area contributed by atoms with E-state index in [1.54, 1.807) is 24.3 Å². The smallest absolute Gasteiger partial charge is 0.254 e. The second-order valence-corrected chi connectivity index (χ2v) is 10.1. The molecular weight excluding hydrogens is 482 g/mol. The van der Waals surface area contributed by atoms with Gasteiger partial charge in [0, 0.05) is 42.9 Å². The van der Waals surface area contributed by atoms with E-state index in [0.717, 1.165) is 47.3 Å². The fourth-order valence-electron chi connectivity index (χ4n) is 4.41. The van der Waals surface area contributed by atoms with Crippen molar-refractivity contribution in [3.05, 3.63) is 70.8 Å². The van der Waals surface area contributed by atoms with E-state index in [-0.39, 0.29) is 12.1 Å². The molecule has 0 bridgehead atoms. The first kappa shape index (κ1) is 27.5. The second kappa shape index (κ2) is 11.5. The van der Waals surface area contributed by atoms with Crippen LogP contribution in [0.2, 0.25) is 0 Å². The third-order valence-corrected chi connectivity index (χ3v) is 7.46. The molecule has 8 nitrogen and oxygen atoms in total. The van der Waals surface area contributed by atoms with Crippen LogP contribution < -0.4 is 11.1 Å². The lowest BCUT2D eigenvalue weighted by atomic mass is 9.92. The highest BCUT2D eigenvalue weighted by molar-refractivity contribution is 6.14. The second-order valence-electron chi connectivity index (χ2n) is 10.1. The summed E-state index contributed by atoms with van der Waals surface area (Å²) >= 11 is 0. The van der Waals surface area contributed by atoms with Crippen LogP contribution in [0.1, 0.15) is 66.1 Å². The van der Waals surface area contributed by atoms with E-state index < -0.39 is 29.4 Å². The Balaban J connectivity index is 1.43. The number of ether oxygens (including phenoxy) is 2. The predicted molar refractivity (Wildman–Crippen MR) is 143 cm³/mol. The molecule has 1 unspecified atom stereocenters. The fraction of sp³-hybridized carbons (Fsp3) is 0.433. The molecule has 1 aliphatic heterocycles. The van der Waals surface area contributed by atoms with Crippen molar-refractivity contribution in [2.24, 2.45) is 5.73 Å². The van der Waals surface area contributed by atoms with Crippen molar-refractivity contribution < 1.29 is 23.9 Å². The number of ketones is 1. The molecule has 1 heterocycles. The summed E-state index contributed by atoms with van der Waals surface area (Å²) < 4.78 is 11.1. The lowest BCUT2D eigenvalue weighted by molar-refractivity contribution is -0.174. The van der Waals surface area contributed by atoms with E-state index in [1.165, 1.54) is 21.0 Å². The van der Waals surface area contributed by atoms with Crippen molar-refractivity contribution in [3.63, 3.8) is 0 Å². The Bertz CT molecular complexity index is 1240. The maximum atomic E-state index is 13.3. The number of hydrogen-bond donors (Lipinski definition) is 2. The Labute approximate surface area is 223 Å². The first-order valence-electron chi connectivity index (χ1n) is 13.0. The molecule has 2 amide bonds. The number of carbonyl (C=O) groups is 3. The summed E-state index contributed by atoms with van der Waals surface area (Å²) in [5.41, 5.74) is 7.38. The van der Waals surface area contributed by atoms with Gasteiger partial charge in [-0.25, -0.2) is 0 Å². The summed E-state index contributed by atoms with van der Waals surface area (Å²) in [5.74, 6) is 4.63. The lowest BCUT2D eigenvalue weighted by Gasteiger charge is -2.36. The summed E-state index contributed by atoms with van der Waals surface area (Å²) in [4.78, 5) is 40.5. The van der Waals surface area contributed by atoms with Gasteiger partial charge in [0.05, 0.1) is 0 Å². The van der Waals surface area contributed by atoms with Gasteiger partial charge >= 0.3 is 0 Å². The first-order chi connectivity index (χ1) is 18.2. The molecule has 4 rings (SSSR count). The topological polar surface area (TPSA) is 111 Å². The van der Waals surface area contributed by atoms with E-state index in [1.807, 2.05) is 24.3 Å². The van der Waals surface area contributed by atoms with Crippen molar-refractivity contribution in [1.82, 2.24) is 10.2 Å². The monoisotopic (exact) mass is 517 g/mol. The number of carbonyl (C=O) groups excluding carboxylic acids is 3. The van der Waals surface area contributed by atoms with E-state index in [0.29, 0.717) is 18.6 Å². The normalized spacial score (nSPS) is 19.3. The van der Waals surface area contributed by atoms with Crippen molar-refractivity contribution in [1.29, 1.82) is 0 Å². The summed E-state index contributed by atoms with van der Waals surface area (Å²) in [6.45, 7) is 1.66. The largest absolute Gasteiger partial charge is 0.357 e. The fourth-order valence-corrected chi connectivity index (χ4v) is 4.41. The molecule has 0 radical (unpaired) electrons. The molecule has 0 aromatic heterocycles. The quantitative estimate of drug-likeness (QED) is 0.412. The minimum atomic E-state index is -1.76. The zero-order valence-electron chi connectivity index (χ0n) is 22.2. The van der Waals surface area contributed by atoms with E-state index in [9.17, 15) is 14.4 Å². The number of benzene rings is 2. The van der Waals surface area contributed by atoms with Gasteiger partial charge in [-0.15, -0.1) is 0 Å². The Hall–Kier alpha value is -3.51. The van der Waals surface area contributed by atoms with Gasteiger partial charge in [0.25, 0.3) is 11.8 Å². The Morgan fingerprint density at radius 3 is 2.21 bits per heavy atom. The summed E-state index contributed by atoms with van der Waals surface area (Å²) in [7, 11) is 2.87. The van der Waals surface area contributed by atoms with Crippen LogP contribution in [-0.2, 0) is 24.6 Å². The van der Waals surface area contributed by atoms with Gasteiger partial charge in [0.2, 0.25) is 0 Å². The number of nitrogens with zero attached hydrogens (tertiary/aromatic N) is 1. The highest BCUT2D eigenvalue weighted by Gasteiger charge is 2.46. The van der Waals surface area contributed by atoms with Gasteiger partial charge in [-0.05, 0) is 81.0 Å². The molecule has 0 spiro atoms. The SMILES string of the molecule is CNC(=O)[C@@](C)(C(=O)COC1CCCCO1)N(C)C(=O)c1ccc(C#Cc2ccc(C3(N)CC3)cc2)cc1. The van der Waals surface area contributed by atoms with Gasteiger partial charge in [-0.2, -0.15) is 0 Å². The summed E-state index contributed by atoms with van der Waals surface area (Å²) in [6.07, 6.45) is 4.13. The number of nitrogens with one attached hydrogen (secondary N) is 1. The average Bonchev–Trinajstić information content (AvgIpc) is 3.72. The number of rotatable bonds is 8. The van der Waals surface area contributed by atoms with Crippen molar-refractivity contribution >= 4 is 17.6 Å². The van der Waals surface area contributed by atoms with Crippen LogP contribution in [-0.4, -0.2) is 61.6 Å². The van der Waals surface area contributed by atoms with Crippen LogP contribution in [0.3, 0.4) is 0 Å². The summed E-state index contributed by atoms with van der Waals surface area (Å²) in [6, 6.07) is 14.7. The molecule has 200 valence electrons. The van der Waals surface area contributed by atoms with Crippen LogP contribution in [0.15, 0.2) is 48.5 Å². The first-order valence-corrected chi connectivity index (χ1v) is 13.0. The third-order valence-electron chi connectivity index (χ3n) is 7.46. The standard InChI is InChI=1S/C30H35N3O5/c1-29(28(36)32-2,25(34)20-38-26-6-4-5-19-37-26)33(3)27(35)23-13-9-21(10-14-23)7-8-22-11-15-24(16-12-22)30(31)17-18-30/h9-16,26H,4-6,17-20,31H2,1-3H3,(H,32,36)/t26?,29-/m1/s1. The van der Waals surface area contributed by atoms with Crippen LogP contribution in [0.25, 0.3) is 0 Å². The molecule has 38 heavy (non-hydrogen) atoms. The molecular formula is C30H35N3O5. The predicted octanol–water partition coefficient (Wildman–Crippen LogP) is 2.72. The van der Waals surface area contributed by atoms with Gasteiger partial charge in [0.15, 0.2) is 17.6 Å².